The number of benzene rings is 1. The predicted octanol–water partition coefficient (Wildman–Crippen LogP) is 2.46. The first-order valence-corrected chi connectivity index (χ1v) is 6.34. The Balaban J connectivity index is 2.01. The molecule has 1 aliphatic carbocycles. The lowest BCUT2D eigenvalue weighted by atomic mass is 10.0. The third kappa shape index (κ3) is 2.31. The van der Waals surface area contributed by atoms with Crippen molar-refractivity contribution in [2.45, 2.75) is 18.8 Å². The first-order chi connectivity index (χ1) is 9.15. The van der Waals surface area contributed by atoms with Gasteiger partial charge in [-0.2, -0.15) is 5.10 Å². The fourth-order valence-corrected chi connectivity index (χ4v) is 2.39. The van der Waals surface area contributed by atoms with E-state index in [1.54, 1.807) is 0 Å². The molecule has 1 heterocycles. The Morgan fingerprint density at radius 2 is 2.26 bits per heavy atom. The monoisotopic (exact) mass is 256 g/mol. The number of nitrogens with one attached hydrogen (secondary N) is 1. The molecule has 1 aliphatic rings. The highest BCUT2D eigenvalue weighted by Crippen LogP contribution is 2.44. The van der Waals surface area contributed by atoms with E-state index in [0.717, 1.165) is 11.3 Å². The summed E-state index contributed by atoms with van der Waals surface area (Å²) in [6.45, 7) is 0. The lowest BCUT2D eigenvalue weighted by molar-refractivity contribution is 0.259. The summed E-state index contributed by atoms with van der Waals surface area (Å²) in [6, 6.07) is 7.12. The van der Waals surface area contributed by atoms with Crippen molar-refractivity contribution in [2.24, 2.45) is 12.8 Å². The van der Waals surface area contributed by atoms with Gasteiger partial charge in [-0.25, -0.2) is 4.79 Å². The van der Waals surface area contributed by atoms with Crippen molar-refractivity contribution >= 4 is 11.7 Å². The number of carbonyl (C=O) groups excluding carboxylic acids is 1. The number of primary amides is 1. The minimum absolute atomic E-state index is 0.551. The van der Waals surface area contributed by atoms with Gasteiger partial charge in [-0.05, 0) is 30.9 Å². The molecule has 3 N–H and O–H groups in total. The van der Waals surface area contributed by atoms with E-state index in [0.29, 0.717) is 11.6 Å². The van der Waals surface area contributed by atoms with Gasteiger partial charge in [0.15, 0.2) is 0 Å². The number of rotatable bonds is 3. The first kappa shape index (κ1) is 11.8. The molecule has 5 nitrogen and oxygen atoms in total. The normalized spacial score (nSPS) is 14.4. The number of aryl methyl sites for hydroxylation is 1. The Morgan fingerprint density at radius 3 is 2.95 bits per heavy atom. The van der Waals surface area contributed by atoms with Crippen LogP contribution in [0.5, 0.6) is 0 Å². The molecule has 0 aliphatic heterocycles. The van der Waals surface area contributed by atoms with E-state index in [2.05, 4.69) is 10.4 Å². The molecule has 0 bridgehead atoms. The zero-order valence-electron chi connectivity index (χ0n) is 10.8. The summed E-state index contributed by atoms with van der Waals surface area (Å²) in [4.78, 5) is 10.9. The van der Waals surface area contributed by atoms with Crippen LogP contribution in [-0.4, -0.2) is 15.8 Å². The quantitative estimate of drug-likeness (QED) is 0.885. The molecule has 0 atom stereocenters. The molecule has 98 valence electrons. The summed E-state index contributed by atoms with van der Waals surface area (Å²) in [5.74, 6) is 0.636. The van der Waals surface area contributed by atoms with Crippen molar-refractivity contribution in [2.75, 3.05) is 5.32 Å². The summed E-state index contributed by atoms with van der Waals surface area (Å²) in [5, 5.41) is 6.95. The fraction of sp³-hybridized carbons (Fsp3) is 0.286. The Kier molecular flexibility index (Phi) is 2.74. The number of nitrogens with zero attached hydrogens (tertiary/aromatic N) is 2. The minimum atomic E-state index is -0.551. The molecule has 1 fully saturated rings. The highest BCUT2D eigenvalue weighted by molar-refractivity contribution is 5.88. The molecule has 0 spiro atoms. The van der Waals surface area contributed by atoms with E-state index in [4.69, 9.17) is 5.73 Å². The van der Waals surface area contributed by atoms with E-state index >= 15 is 0 Å². The zero-order valence-corrected chi connectivity index (χ0v) is 10.8. The van der Waals surface area contributed by atoms with E-state index in [9.17, 15) is 4.79 Å². The number of amides is 2. The third-order valence-electron chi connectivity index (χ3n) is 3.39. The van der Waals surface area contributed by atoms with Crippen LogP contribution in [0.2, 0.25) is 0 Å². The topological polar surface area (TPSA) is 72.9 Å². The lowest BCUT2D eigenvalue weighted by Crippen LogP contribution is -2.19. The number of hydrogen-bond acceptors (Lipinski definition) is 2. The van der Waals surface area contributed by atoms with Crippen LogP contribution in [0.3, 0.4) is 0 Å². The van der Waals surface area contributed by atoms with Gasteiger partial charge in [-0.3, -0.25) is 4.68 Å². The number of aromatic nitrogens is 2. The molecular formula is C14H16N4O. The maximum atomic E-state index is 10.9. The lowest BCUT2D eigenvalue weighted by Gasteiger charge is -2.08. The molecule has 0 unspecified atom stereocenters. The Morgan fingerprint density at radius 1 is 1.47 bits per heavy atom. The first-order valence-electron chi connectivity index (χ1n) is 6.34. The number of anilines is 1. The standard InChI is InChI=1S/C14H16N4O/c1-18-13(12(8-16-18)9-5-6-9)10-3-2-4-11(7-10)17-14(15)19/h2-4,7-9H,5-6H2,1H3,(H3,15,17,19). The van der Waals surface area contributed by atoms with Gasteiger partial charge >= 0.3 is 6.03 Å². The van der Waals surface area contributed by atoms with Gasteiger partial charge in [-0.1, -0.05) is 12.1 Å². The van der Waals surface area contributed by atoms with Crippen LogP contribution >= 0.6 is 0 Å². The van der Waals surface area contributed by atoms with Crippen molar-refractivity contribution in [1.29, 1.82) is 0 Å². The average molecular weight is 256 g/mol. The molecule has 5 heteroatoms. The van der Waals surface area contributed by atoms with Gasteiger partial charge < -0.3 is 11.1 Å². The molecule has 3 rings (SSSR count). The van der Waals surface area contributed by atoms with E-state index < -0.39 is 6.03 Å². The summed E-state index contributed by atoms with van der Waals surface area (Å²) >= 11 is 0. The Hall–Kier alpha value is -2.30. The molecule has 1 saturated carbocycles. The second-order valence-corrected chi connectivity index (χ2v) is 4.92. The van der Waals surface area contributed by atoms with Crippen LogP contribution in [0.1, 0.15) is 24.3 Å². The van der Waals surface area contributed by atoms with E-state index in [-0.39, 0.29) is 0 Å². The predicted molar refractivity (Wildman–Crippen MR) is 73.8 cm³/mol. The molecule has 1 aromatic heterocycles. The van der Waals surface area contributed by atoms with Gasteiger partial charge in [0.05, 0.1) is 11.9 Å². The highest BCUT2D eigenvalue weighted by atomic mass is 16.2. The highest BCUT2D eigenvalue weighted by Gasteiger charge is 2.28. The number of carbonyl (C=O) groups is 1. The van der Waals surface area contributed by atoms with Gasteiger partial charge in [0, 0.05) is 23.9 Å². The van der Waals surface area contributed by atoms with E-state index in [1.807, 2.05) is 42.2 Å². The average Bonchev–Trinajstić information content (AvgIpc) is 3.12. The van der Waals surface area contributed by atoms with Crippen LogP contribution in [0, 0.1) is 0 Å². The molecule has 2 aromatic rings. The molecule has 2 amide bonds. The maximum absolute atomic E-state index is 10.9. The molecule has 0 radical (unpaired) electrons. The SMILES string of the molecule is Cn1ncc(C2CC2)c1-c1cccc(NC(N)=O)c1. The van der Waals surface area contributed by atoms with Crippen LogP contribution in [0.15, 0.2) is 30.5 Å². The van der Waals surface area contributed by atoms with Crippen LogP contribution in [-0.2, 0) is 7.05 Å². The summed E-state index contributed by atoms with van der Waals surface area (Å²) in [7, 11) is 1.94. The minimum Gasteiger partial charge on any atom is -0.351 e. The molecule has 19 heavy (non-hydrogen) atoms. The number of hydrogen-bond donors (Lipinski definition) is 2. The fourth-order valence-electron chi connectivity index (χ4n) is 2.39. The Labute approximate surface area is 111 Å². The third-order valence-corrected chi connectivity index (χ3v) is 3.39. The number of urea groups is 1. The molecular weight excluding hydrogens is 240 g/mol. The van der Waals surface area contributed by atoms with Crippen molar-refractivity contribution in [1.82, 2.24) is 9.78 Å². The molecule has 1 aromatic carbocycles. The van der Waals surface area contributed by atoms with Gasteiger partial charge in [0.2, 0.25) is 0 Å². The van der Waals surface area contributed by atoms with Gasteiger partial charge in [0.1, 0.15) is 0 Å². The van der Waals surface area contributed by atoms with Crippen molar-refractivity contribution < 1.29 is 4.79 Å². The Bertz CT molecular complexity index is 628. The van der Waals surface area contributed by atoms with Crippen LogP contribution in [0.25, 0.3) is 11.3 Å². The number of nitrogens with two attached hydrogens (primary N) is 1. The van der Waals surface area contributed by atoms with Crippen molar-refractivity contribution in [3.63, 3.8) is 0 Å². The molecule has 0 saturated heterocycles. The van der Waals surface area contributed by atoms with Gasteiger partial charge in [0.25, 0.3) is 0 Å². The second-order valence-electron chi connectivity index (χ2n) is 4.92. The summed E-state index contributed by atoms with van der Waals surface area (Å²) in [6.07, 6.45) is 4.41. The second kappa shape index (κ2) is 4.42. The zero-order chi connectivity index (χ0) is 13.4. The van der Waals surface area contributed by atoms with Gasteiger partial charge in [-0.15, -0.1) is 0 Å². The van der Waals surface area contributed by atoms with Crippen molar-refractivity contribution in [3.05, 3.63) is 36.0 Å². The largest absolute Gasteiger partial charge is 0.351 e. The summed E-state index contributed by atoms with van der Waals surface area (Å²) in [5.41, 5.74) is 9.31. The summed E-state index contributed by atoms with van der Waals surface area (Å²) < 4.78 is 1.89. The smallest absolute Gasteiger partial charge is 0.316 e. The van der Waals surface area contributed by atoms with Crippen LogP contribution < -0.4 is 11.1 Å². The van der Waals surface area contributed by atoms with Crippen molar-refractivity contribution in [3.8, 4) is 11.3 Å². The van der Waals surface area contributed by atoms with Crippen LogP contribution in [0.4, 0.5) is 10.5 Å². The van der Waals surface area contributed by atoms with E-state index in [1.165, 1.54) is 18.4 Å². The maximum Gasteiger partial charge on any atom is 0.316 e.